The average Bonchev–Trinajstić information content (AvgIpc) is 2.44. The van der Waals surface area contributed by atoms with Gasteiger partial charge in [-0.1, -0.05) is 0 Å². The largest absolute Gasteiger partial charge is 0.465 e. The summed E-state index contributed by atoms with van der Waals surface area (Å²) in [5.41, 5.74) is 0. The third-order valence-corrected chi connectivity index (χ3v) is 2.62. The van der Waals surface area contributed by atoms with Crippen molar-refractivity contribution in [3.05, 3.63) is 0 Å². The van der Waals surface area contributed by atoms with Crippen molar-refractivity contribution in [2.75, 3.05) is 19.8 Å². The van der Waals surface area contributed by atoms with Crippen LogP contribution < -0.4 is 0 Å². The number of hydrogen-bond acceptors (Lipinski definition) is 9. The van der Waals surface area contributed by atoms with Gasteiger partial charge in [0, 0.05) is 0 Å². The molecule has 0 aliphatic carbocycles. The summed E-state index contributed by atoms with van der Waals surface area (Å²) >= 11 is 0. The van der Waals surface area contributed by atoms with Crippen LogP contribution in [-0.4, -0.2) is 55.1 Å². The maximum absolute atomic E-state index is 11.4. The third-order valence-electron chi connectivity index (χ3n) is 2.62. The molecule has 0 saturated carbocycles. The van der Waals surface area contributed by atoms with E-state index in [0.29, 0.717) is 0 Å². The molecule has 0 spiro atoms. The molecule has 0 saturated heterocycles. The summed E-state index contributed by atoms with van der Waals surface area (Å²) in [4.78, 5) is 66.6. The van der Waals surface area contributed by atoms with E-state index in [2.05, 4.69) is 0 Å². The number of ketones is 3. The zero-order chi connectivity index (χ0) is 19.4. The predicted molar refractivity (Wildman–Crippen MR) is 82.3 cm³/mol. The summed E-state index contributed by atoms with van der Waals surface area (Å²) < 4.78 is 14.6. The molecule has 140 valence electrons. The average molecular weight is 358 g/mol. The Morgan fingerprint density at radius 3 is 1.00 bits per heavy atom. The minimum Gasteiger partial charge on any atom is -0.465 e. The molecule has 9 nitrogen and oxygen atoms in total. The normalized spacial score (nSPS) is 10.1. The first kappa shape index (κ1) is 22.4. The molecule has 0 aromatic heterocycles. The highest BCUT2D eigenvalue weighted by Crippen LogP contribution is 2.05. The van der Waals surface area contributed by atoms with Crippen molar-refractivity contribution in [1.29, 1.82) is 0 Å². The van der Waals surface area contributed by atoms with E-state index in [4.69, 9.17) is 14.2 Å². The van der Waals surface area contributed by atoms with Crippen LogP contribution in [0.3, 0.4) is 0 Å². The molecule has 0 N–H and O–H groups in total. The fraction of sp³-hybridized carbons (Fsp3) is 0.625. The predicted octanol–water partition coefficient (Wildman–Crippen LogP) is 0.169. The zero-order valence-corrected chi connectivity index (χ0v) is 14.5. The van der Waals surface area contributed by atoms with E-state index in [1.54, 1.807) is 0 Å². The van der Waals surface area contributed by atoms with Crippen molar-refractivity contribution in [3.8, 4) is 0 Å². The highest BCUT2D eigenvalue weighted by Gasteiger charge is 2.19. The highest BCUT2D eigenvalue weighted by atomic mass is 16.6. The SMILES string of the molecule is CC(=O)CC(=O)OCC(COC(=O)CC(C)=O)COC(=O)CC(C)=O. The van der Waals surface area contributed by atoms with Gasteiger partial charge in [0.2, 0.25) is 0 Å². The Bertz CT molecular complexity index is 460. The van der Waals surface area contributed by atoms with Gasteiger partial charge in [-0.3, -0.25) is 28.8 Å². The quantitative estimate of drug-likeness (QED) is 0.272. The Hall–Kier alpha value is -2.58. The minimum absolute atomic E-state index is 0.257. The van der Waals surface area contributed by atoms with Gasteiger partial charge in [-0.15, -0.1) is 0 Å². The van der Waals surface area contributed by atoms with Crippen molar-refractivity contribution in [2.45, 2.75) is 40.0 Å². The Morgan fingerprint density at radius 1 is 0.560 bits per heavy atom. The monoisotopic (exact) mass is 358 g/mol. The molecule has 0 aliphatic heterocycles. The molecule has 0 bridgehead atoms. The Balaban J connectivity index is 4.52. The van der Waals surface area contributed by atoms with E-state index in [9.17, 15) is 28.8 Å². The second-order valence-electron chi connectivity index (χ2n) is 5.55. The molecule has 0 unspecified atom stereocenters. The number of carbonyl (C=O) groups excluding carboxylic acids is 6. The number of hydrogen-bond donors (Lipinski definition) is 0. The molecule has 0 heterocycles. The Labute approximate surface area is 145 Å². The second kappa shape index (κ2) is 11.9. The number of carbonyl (C=O) groups is 6. The molecular formula is C16H22O9. The third kappa shape index (κ3) is 13.5. The summed E-state index contributed by atoms with van der Waals surface area (Å²) in [5, 5.41) is 0. The van der Waals surface area contributed by atoms with Gasteiger partial charge in [0.05, 0.1) is 5.92 Å². The van der Waals surface area contributed by atoms with Crippen LogP contribution in [0, 0.1) is 5.92 Å². The lowest BCUT2D eigenvalue weighted by molar-refractivity contribution is -0.153. The fourth-order valence-corrected chi connectivity index (χ4v) is 1.54. The molecule has 0 aliphatic rings. The van der Waals surface area contributed by atoms with Crippen LogP contribution in [0.25, 0.3) is 0 Å². The second-order valence-corrected chi connectivity index (χ2v) is 5.55. The number of ether oxygens (including phenoxy) is 3. The molecule has 0 atom stereocenters. The Kier molecular flexibility index (Phi) is 10.7. The van der Waals surface area contributed by atoms with Crippen molar-refractivity contribution in [2.24, 2.45) is 5.92 Å². The van der Waals surface area contributed by atoms with Crippen molar-refractivity contribution in [3.63, 3.8) is 0 Å². The lowest BCUT2D eigenvalue weighted by Gasteiger charge is -2.17. The standard InChI is InChI=1S/C16H22O9/c1-10(17)4-14(20)23-7-13(8-24-15(21)5-11(2)18)9-25-16(22)6-12(3)19/h13H,4-9H2,1-3H3. The van der Waals surface area contributed by atoms with Crippen LogP contribution in [0.1, 0.15) is 40.0 Å². The zero-order valence-electron chi connectivity index (χ0n) is 14.5. The molecule has 0 rings (SSSR count). The van der Waals surface area contributed by atoms with Gasteiger partial charge >= 0.3 is 17.9 Å². The lowest BCUT2D eigenvalue weighted by atomic mass is 10.2. The first-order chi connectivity index (χ1) is 11.6. The number of Topliss-reactive ketones (excluding diaryl/α,β-unsaturated/α-hetero) is 3. The van der Waals surface area contributed by atoms with Crippen molar-refractivity contribution < 1.29 is 43.0 Å². The maximum atomic E-state index is 11.4. The van der Waals surface area contributed by atoms with Crippen molar-refractivity contribution in [1.82, 2.24) is 0 Å². The van der Waals surface area contributed by atoms with E-state index in [-0.39, 0.29) is 37.2 Å². The van der Waals surface area contributed by atoms with Crippen LogP contribution in [-0.2, 0) is 43.0 Å². The van der Waals surface area contributed by atoms with Gasteiger partial charge in [-0.25, -0.2) is 0 Å². The van der Waals surface area contributed by atoms with Gasteiger partial charge in [0.25, 0.3) is 0 Å². The molecule has 9 heteroatoms. The summed E-state index contributed by atoms with van der Waals surface area (Å²) in [7, 11) is 0. The molecule has 0 aromatic rings. The molecule has 0 radical (unpaired) electrons. The first-order valence-corrected chi connectivity index (χ1v) is 7.55. The van der Waals surface area contributed by atoms with Crippen LogP contribution >= 0.6 is 0 Å². The lowest BCUT2D eigenvalue weighted by Crippen LogP contribution is -2.27. The molecule has 0 fully saturated rings. The van der Waals surface area contributed by atoms with Gasteiger partial charge in [-0.2, -0.15) is 0 Å². The topological polar surface area (TPSA) is 130 Å². The van der Waals surface area contributed by atoms with Gasteiger partial charge in [-0.05, 0) is 20.8 Å². The van der Waals surface area contributed by atoms with Crippen LogP contribution in [0.15, 0.2) is 0 Å². The number of rotatable bonds is 12. The molecular weight excluding hydrogens is 336 g/mol. The van der Waals surface area contributed by atoms with Crippen LogP contribution in [0.5, 0.6) is 0 Å². The highest BCUT2D eigenvalue weighted by molar-refractivity contribution is 5.95. The summed E-state index contributed by atoms with van der Waals surface area (Å²) in [5.74, 6) is -4.09. The summed E-state index contributed by atoms with van der Waals surface area (Å²) in [6.07, 6.45) is -1.21. The van der Waals surface area contributed by atoms with E-state index in [1.807, 2.05) is 0 Å². The summed E-state index contributed by atoms with van der Waals surface area (Å²) in [6.45, 7) is 2.91. The molecule has 25 heavy (non-hydrogen) atoms. The fourth-order valence-electron chi connectivity index (χ4n) is 1.54. The van der Waals surface area contributed by atoms with E-state index in [0.717, 1.165) is 0 Å². The van der Waals surface area contributed by atoms with Gasteiger partial charge < -0.3 is 14.2 Å². The van der Waals surface area contributed by atoms with Gasteiger partial charge in [0.1, 0.15) is 56.4 Å². The Morgan fingerprint density at radius 2 is 0.800 bits per heavy atom. The van der Waals surface area contributed by atoms with Gasteiger partial charge in [0.15, 0.2) is 0 Å². The van der Waals surface area contributed by atoms with E-state index >= 15 is 0 Å². The van der Waals surface area contributed by atoms with Crippen LogP contribution in [0.2, 0.25) is 0 Å². The first-order valence-electron chi connectivity index (χ1n) is 7.55. The van der Waals surface area contributed by atoms with Crippen molar-refractivity contribution >= 4 is 35.3 Å². The molecule has 0 amide bonds. The smallest absolute Gasteiger partial charge is 0.313 e. The summed E-state index contributed by atoms with van der Waals surface area (Å²) in [6, 6.07) is 0. The van der Waals surface area contributed by atoms with E-state index < -0.39 is 43.1 Å². The maximum Gasteiger partial charge on any atom is 0.313 e. The van der Waals surface area contributed by atoms with E-state index in [1.165, 1.54) is 20.8 Å². The minimum atomic E-state index is -0.761. The number of esters is 3. The molecule has 0 aromatic carbocycles. The van der Waals surface area contributed by atoms with Crippen LogP contribution in [0.4, 0.5) is 0 Å².